The third-order valence-electron chi connectivity index (χ3n) is 8.15. The van der Waals surface area contributed by atoms with Gasteiger partial charge in [-0.05, 0) is 43.5 Å². The average molecular weight is 606 g/mol. The van der Waals surface area contributed by atoms with Crippen molar-refractivity contribution in [1.82, 2.24) is 19.4 Å². The number of anilines is 1. The SMILES string of the molecule is C=CC(=O)N1CC(C)N2c3nc(=O)n(-c4c(C)ccnc4C(C)C)c4c(F)c(-c5ccccc5F)c(Cl)c(c34)OCC2C1. The molecule has 0 radical (unpaired) electrons. The van der Waals surface area contributed by atoms with Crippen LogP contribution in [0, 0.1) is 18.6 Å². The molecule has 1 amide bonds. The Morgan fingerprint density at radius 3 is 2.65 bits per heavy atom. The average Bonchev–Trinajstić information content (AvgIpc) is 3.13. The summed E-state index contributed by atoms with van der Waals surface area (Å²) in [6.45, 7) is 11.8. The van der Waals surface area contributed by atoms with Gasteiger partial charge in [0.1, 0.15) is 23.8 Å². The molecule has 4 heterocycles. The number of piperazine rings is 1. The van der Waals surface area contributed by atoms with E-state index in [4.69, 9.17) is 16.3 Å². The number of halogens is 3. The number of rotatable bonds is 4. The van der Waals surface area contributed by atoms with E-state index in [1.54, 1.807) is 23.2 Å². The number of pyridine rings is 1. The molecule has 2 unspecified atom stereocenters. The van der Waals surface area contributed by atoms with Crippen molar-refractivity contribution in [2.45, 2.75) is 45.7 Å². The molecule has 2 aromatic carbocycles. The number of hydrogen-bond donors (Lipinski definition) is 0. The summed E-state index contributed by atoms with van der Waals surface area (Å²) in [5, 5.41) is 0.0554. The molecule has 222 valence electrons. The molecule has 1 fully saturated rings. The van der Waals surface area contributed by atoms with Crippen molar-refractivity contribution < 1.29 is 18.3 Å². The molecule has 6 rings (SSSR count). The van der Waals surface area contributed by atoms with Crippen LogP contribution in [0.3, 0.4) is 0 Å². The molecular weight excluding hydrogens is 576 g/mol. The van der Waals surface area contributed by atoms with Gasteiger partial charge in [-0.15, -0.1) is 0 Å². The summed E-state index contributed by atoms with van der Waals surface area (Å²) in [5.74, 6) is -1.64. The number of carbonyl (C=O) groups excluding carboxylic acids is 1. The van der Waals surface area contributed by atoms with Gasteiger partial charge >= 0.3 is 5.69 Å². The summed E-state index contributed by atoms with van der Waals surface area (Å²) in [5.41, 5.74) is 0.473. The molecule has 1 saturated heterocycles. The minimum atomic E-state index is -0.886. The van der Waals surface area contributed by atoms with E-state index in [-0.39, 0.29) is 69.6 Å². The molecule has 2 aromatic heterocycles. The highest BCUT2D eigenvalue weighted by Gasteiger charge is 2.41. The number of aryl methyl sites for hydroxylation is 1. The number of benzene rings is 2. The minimum Gasteiger partial charge on any atom is -0.489 e. The lowest BCUT2D eigenvalue weighted by Crippen LogP contribution is -2.61. The van der Waals surface area contributed by atoms with E-state index >= 15 is 8.78 Å². The van der Waals surface area contributed by atoms with E-state index in [1.807, 2.05) is 32.6 Å². The van der Waals surface area contributed by atoms with Gasteiger partial charge in [0.15, 0.2) is 11.6 Å². The first-order valence-electron chi connectivity index (χ1n) is 14.1. The molecule has 8 nitrogen and oxygen atoms in total. The maximum absolute atomic E-state index is 17.2. The Bertz CT molecular complexity index is 1870. The number of amides is 1. The molecule has 2 atom stereocenters. The number of ether oxygens (including phenoxy) is 1. The van der Waals surface area contributed by atoms with E-state index in [0.29, 0.717) is 23.5 Å². The fourth-order valence-electron chi connectivity index (χ4n) is 6.27. The Labute approximate surface area is 252 Å². The molecular formula is C32H30ClF2N5O3. The smallest absolute Gasteiger partial charge is 0.354 e. The first kappa shape index (κ1) is 28.8. The molecule has 0 N–H and O–H groups in total. The van der Waals surface area contributed by atoms with Crippen LogP contribution in [0.15, 0.2) is 54.0 Å². The molecule has 11 heteroatoms. The standard InChI is InChI=1S/C32H30ClF2N5O3/c1-6-22(41)38-13-18(5)39-19(14-38)15-43-30-24-29(26(35)23(25(30)33)20-9-7-8-10-21(20)34)40(32(42)37-31(24)39)28-17(4)11-12-36-27(28)16(2)3/h6-12,16,18-19H,1,13-15H2,2-5H3. The molecule has 0 aliphatic carbocycles. The zero-order valence-corrected chi connectivity index (χ0v) is 25.0. The summed E-state index contributed by atoms with van der Waals surface area (Å²) in [7, 11) is 0. The number of fused-ring (bicyclic) bond motifs is 2. The highest BCUT2D eigenvalue weighted by Crippen LogP contribution is 2.49. The van der Waals surface area contributed by atoms with E-state index in [2.05, 4.69) is 16.5 Å². The highest BCUT2D eigenvalue weighted by atomic mass is 35.5. The van der Waals surface area contributed by atoms with Crippen LogP contribution in [0.25, 0.3) is 27.7 Å². The second kappa shape index (κ2) is 10.8. The van der Waals surface area contributed by atoms with Gasteiger partial charge in [-0.2, -0.15) is 4.98 Å². The molecule has 2 aliphatic rings. The van der Waals surface area contributed by atoms with Gasteiger partial charge in [-0.1, -0.05) is 50.2 Å². The first-order chi connectivity index (χ1) is 20.5. The predicted molar refractivity (Wildman–Crippen MR) is 162 cm³/mol. The summed E-state index contributed by atoms with van der Waals surface area (Å²) >= 11 is 6.91. The zero-order valence-electron chi connectivity index (χ0n) is 24.2. The number of aromatic nitrogens is 3. The van der Waals surface area contributed by atoms with Gasteiger partial charge in [0, 0.05) is 36.5 Å². The van der Waals surface area contributed by atoms with Gasteiger partial charge in [-0.25, -0.2) is 13.6 Å². The number of hydrogen-bond acceptors (Lipinski definition) is 6. The van der Waals surface area contributed by atoms with Crippen LogP contribution >= 0.6 is 11.6 Å². The van der Waals surface area contributed by atoms with Crippen LogP contribution in [0.5, 0.6) is 5.75 Å². The summed E-state index contributed by atoms with van der Waals surface area (Å²) in [6, 6.07) is 6.71. The van der Waals surface area contributed by atoms with Crippen molar-refractivity contribution in [3.63, 3.8) is 0 Å². The minimum absolute atomic E-state index is 0.0517. The molecule has 0 spiro atoms. The van der Waals surface area contributed by atoms with Crippen LogP contribution in [-0.2, 0) is 4.79 Å². The second-order valence-corrected chi connectivity index (χ2v) is 11.7. The van der Waals surface area contributed by atoms with Gasteiger partial charge in [0.25, 0.3) is 0 Å². The summed E-state index contributed by atoms with van der Waals surface area (Å²) in [4.78, 5) is 39.3. The topological polar surface area (TPSA) is 80.6 Å². The van der Waals surface area contributed by atoms with E-state index in [1.165, 1.54) is 28.8 Å². The Hall–Kier alpha value is -4.31. The maximum Gasteiger partial charge on any atom is 0.354 e. The van der Waals surface area contributed by atoms with Crippen LogP contribution < -0.4 is 15.3 Å². The van der Waals surface area contributed by atoms with Gasteiger partial charge in [0.05, 0.1) is 27.8 Å². The Morgan fingerprint density at radius 2 is 1.95 bits per heavy atom. The molecule has 0 saturated carbocycles. The van der Waals surface area contributed by atoms with Crippen LogP contribution in [0.4, 0.5) is 14.6 Å². The normalized spacial score (nSPS) is 18.0. The van der Waals surface area contributed by atoms with Crippen LogP contribution in [0.2, 0.25) is 5.02 Å². The molecule has 0 bridgehead atoms. The second-order valence-electron chi connectivity index (χ2n) is 11.3. The Morgan fingerprint density at radius 1 is 1.21 bits per heavy atom. The molecule has 2 aliphatic heterocycles. The third-order valence-corrected chi connectivity index (χ3v) is 8.51. The van der Waals surface area contributed by atoms with Crippen molar-refractivity contribution in [3.8, 4) is 22.6 Å². The van der Waals surface area contributed by atoms with Crippen molar-refractivity contribution >= 4 is 34.2 Å². The Kier molecular flexibility index (Phi) is 7.20. The largest absolute Gasteiger partial charge is 0.489 e. The maximum atomic E-state index is 17.2. The lowest BCUT2D eigenvalue weighted by Gasteiger charge is -2.45. The van der Waals surface area contributed by atoms with Crippen molar-refractivity contribution in [2.24, 2.45) is 0 Å². The lowest BCUT2D eigenvalue weighted by atomic mass is 9.99. The predicted octanol–water partition coefficient (Wildman–Crippen LogP) is 5.80. The number of carbonyl (C=O) groups is 1. The highest BCUT2D eigenvalue weighted by molar-refractivity contribution is 6.36. The van der Waals surface area contributed by atoms with E-state index < -0.39 is 23.4 Å². The Balaban J connectivity index is 1.76. The number of nitrogens with zero attached hydrogens (tertiary/aromatic N) is 5. The monoisotopic (exact) mass is 605 g/mol. The molecule has 4 aromatic rings. The van der Waals surface area contributed by atoms with E-state index in [0.717, 1.165) is 0 Å². The summed E-state index contributed by atoms with van der Waals surface area (Å²) in [6.07, 6.45) is 2.89. The third kappa shape index (κ3) is 4.47. The van der Waals surface area contributed by atoms with Gasteiger partial charge < -0.3 is 14.5 Å². The lowest BCUT2D eigenvalue weighted by molar-refractivity contribution is -0.127. The fraction of sp³-hybridized carbons (Fsp3) is 0.312. The van der Waals surface area contributed by atoms with Gasteiger partial charge in [0.2, 0.25) is 5.91 Å². The fourth-order valence-corrected chi connectivity index (χ4v) is 6.60. The first-order valence-corrected chi connectivity index (χ1v) is 14.4. The van der Waals surface area contributed by atoms with Crippen LogP contribution in [-0.4, -0.2) is 57.1 Å². The van der Waals surface area contributed by atoms with Crippen molar-refractivity contribution in [2.75, 3.05) is 24.6 Å². The summed E-state index contributed by atoms with van der Waals surface area (Å²) < 4.78 is 39.9. The van der Waals surface area contributed by atoms with Crippen molar-refractivity contribution in [1.29, 1.82) is 0 Å². The quantitative estimate of drug-likeness (QED) is 0.274. The zero-order chi connectivity index (χ0) is 30.7. The van der Waals surface area contributed by atoms with Crippen LogP contribution in [0.1, 0.15) is 37.9 Å². The molecule has 43 heavy (non-hydrogen) atoms. The van der Waals surface area contributed by atoms with Crippen molar-refractivity contribution in [3.05, 3.63) is 87.6 Å². The van der Waals surface area contributed by atoms with Gasteiger partial charge in [-0.3, -0.25) is 14.3 Å². The van der Waals surface area contributed by atoms with E-state index in [9.17, 15) is 9.59 Å².